The van der Waals surface area contributed by atoms with Gasteiger partial charge in [0.1, 0.15) is 0 Å². The fourth-order valence-electron chi connectivity index (χ4n) is 10.3. The van der Waals surface area contributed by atoms with Gasteiger partial charge in [0.2, 0.25) is 0 Å². The van der Waals surface area contributed by atoms with Crippen LogP contribution in [0.1, 0.15) is 48.6 Å². The molecule has 4 aromatic heterocycles. The molecule has 1 unspecified atom stereocenters. The van der Waals surface area contributed by atoms with Gasteiger partial charge in [0.15, 0.2) is 0 Å². The highest BCUT2D eigenvalue weighted by Crippen LogP contribution is 2.65. The Bertz CT molecular complexity index is 3270. The quantitative estimate of drug-likeness (QED) is 0.168. The number of pyridine rings is 3. The molecule has 0 saturated carbocycles. The van der Waals surface area contributed by atoms with Gasteiger partial charge in [-0.15, -0.1) is 0 Å². The number of para-hydroxylation sites is 2. The van der Waals surface area contributed by atoms with E-state index in [1.165, 1.54) is 55.6 Å². The van der Waals surface area contributed by atoms with Crippen LogP contribution in [0.5, 0.6) is 0 Å². The number of benzene rings is 6. The Kier molecular flexibility index (Phi) is 8.25. The monoisotopic (exact) mass is 809 g/mol. The van der Waals surface area contributed by atoms with Crippen molar-refractivity contribution >= 4 is 28.0 Å². The molecule has 4 heterocycles. The Balaban J connectivity index is 1.25. The Morgan fingerprint density at radius 2 is 1.02 bits per heavy atom. The van der Waals surface area contributed by atoms with Crippen LogP contribution in [0, 0.1) is 0 Å². The molecule has 10 aromatic rings. The maximum atomic E-state index is 5.22. The van der Waals surface area contributed by atoms with Crippen molar-refractivity contribution < 1.29 is 0 Å². The molecule has 0 bridgehead atoms. The first-order chi connectivity index (χ1) is 30.9. The molecule has 5 nitrogen and oxygen atoms in total. The largest absolute Gasteiger partial charge is 0.310 e. The molecule has 0 aliphatic heterocycles. The Hall–Kier alpha value is -7.89. The maximum Gasteiger partial charge on any atom is 0.0915 e. The van der Waals surface area contributed by atoms with Crippen LogP contribution in [0.25, 0.3) is 61.8 Å². The molecule has 0 N–H and O–H groups in total. The highest BCUT2D eigenvalue weighted by molar-refractivity contribution is 6.06. The van der Waals surface area contributed by atoms with Gasteiger partial charge in [0.25, 0.3) is 0 Å². The third-order valence-corrected chi connectivity index (χ3v) is 13.0. The summed E-state index contributed by atoms with van der Waals surface area (Å²) in [7, 11) is 0. The van der Waals surface area contributed by atoms with Crippen molar-refractivity contribution in [2.75, 3.05) is 4.90 Å². The Labute approximate surface area is 367 Å². The Morgan fingerprint density at radius 3 is 1.62 bits per heavy atom. The van der Waals surface area contributed by atoms with Gasteiger partial charge in [0, 0.05) is 46.0 Å². The van der Waals surface area contributed by atoms with Crippen LogP contribution in [0.3, 0.4) is 0 Å². The minimum absolute atomic E-state index is 0.0558. The van der Waals surface area contributed by atoms with Gasteiger partial charge in [-0.25, -0.2) is 4.98 Å². The standard InChI is InChI=1S/C58H43N5/c1-57(2,3)38-28-30-44-43-22-10-12-24-47(43)58(49(44)34-38)48-25-13-11-23-45(48)56-55(58)46-35-41(62(39-18-6-4-7-19-39)40-20-8-5-9-21-40)29-31-54(46)63(56)42-36-52(50-26-14-16-32-59-50)61-53(37-42)51-27-15-17-33-60-51/h4-37H,1-3H3. The molecule has 6 aromatic carbocycles. The summed E-state index contributed by atoms with van der Waals surface area (Å²) in [6, 6.07) is 70.3. The van der Waals surface area contributed by atoms with Crippen LogP contribution in [0.4, 0.5) is 17.1 Å². The van der Waals surface area contributed by atoms with Crippen molar-refractivity contribution in [2.45, 2.75) is 31.6 Å². The molecule has 2 aliphatic carbocycles. The van der Waals surface area contributed by atoms with Crippen LogP contribution in [-0.2, 0) is 10.8 Å². The SMILES string of the molecule is CC(C)(C)c1ccc2c(c1)C1(c3ccccc3-2)c2ccccc2-c2c1c1cc(N(c3ccccc3)c3ccccc3)ccc1n2-c1cc(-c2ccccn2)nc(-c2ccccn2)c1. The molecule has 1 atom stereocenters. The number of nitrogens with zero attached hydrogens (tertiary/aromatic N) is 5. The van der Waals surface area contributed by atoms with E-state index in [9.17, 15) is 0 Å². The summed E-state index contributed by atoms with van der Waals surface area (Å²) in [6.07, 6.45) is 3.67. The lowest BCUT2D eigenvalue weighted by Crippen LogP contribution is -2.26. The van der Waals surface area contributed by atoms with Crippen molar-refractivity contribution in [3.05, 3.63) is 234 Å². The first kappa shape index (κ1) is 36.9. The van der Waals surface area contributed by atoms with Gasteiger partial charge in [-0.1, -0.05) is 136 Å². The molecule has 5 heteroatoms. The van der Waals surface area contributed by atoms with E-state index >= 15 is 0 Å². The molecule has 0 amide bonds. The number of hydrogen-bond donors (Lipinski definition) is 0. The molecule has 0 fully saturated rings. The normalized spacial score (nSPS) is 14.7. The average Bonchev–Trinajstić information content (AvgIpc) is 3.94. The number of aromatic nitrogens is 4. The minimum Gasteiger partial charge on any atom is -0.310 e. The van der Waals surface area contributed by atoms with Crippen LogP contribution in [0.15, 0.2) is 207 Å². The molecule has 0 saturated heterocycles. The first-order valence-corrected chi connectivity index (χ1v) is 21.7. The van der Waals surface area contributed by atoms with E-state index < -0.39 is 5.41 Å². The van der Waals surface area contributed by atoms with E-state index in [0.717, 1.165) is 51.0 Å². The molecule has 12 rings (SSSR count). The summed E-state index contributed by atoms with van der Waals surface area (Å²) in [6.45, 7) is 6.96. The van der Waals surface area contributed by atoms with Gasteiger partial charge in [-0.3, -0.25) is 9.97 Å². The topological polar surface area (TPSA) is 46.8 Å². The molecule has 300 valence electrons. The number of hydrogen-bond acceptors (Lipinski definition) is 4. The van der Waals surface area contributed by atoms with Crippen molar-refractivity contribution in [1.82, 2.24) is 19.5 Å². The summed E-state index contributed by atoms with van der Waals surface area (Å²) in [4.78, 5) is 17.2. The third kappa shape index (κ3) is 5.59. The summed E-state index contributed by atoms with van der Waals surface area (Å²) in [5.74, 6) is 0. The van der Waals surface area contributed by atoms with E-state index in [-0.39, 0.29) is 5.41 Å². The highest BCUT2D eigenvalue weighted by Gasteiger charge is 2.54. The number of rotatable bonds is 6. The smallest absolute Gasteiger partial charge is 0.0915 e. The second-order valence-electron chi connectivity index (χ2n) is 17.6. The van der Waals surface area contributed by atoms with E-state index in [4.69, 9.17) is 15.0 Å². The number of fused-ring (bicyclic) bond motifs is 12. The highest BCUT2D eigenvalue weighted by atomic mass is 15.1. The molecule has 63 heavy (non-hydrogen) atoms. The van der Waals surface area contributed by atoms with Gasteiger partial charge in [0.05, 0.1) is 45.1 Å². The Morgan fingerprint density at radius 1 is 0.460 bits per heavy atom. The second-order valence-corrected chi connectivity index (χ2v) is 17.6. The predicted molar refractivity (Wildman–Crippen MR) is 257 cm³/mol. The maximum absolute atomic E-state index is 5.22. The van der Waals surface area contributed by atoms with E-state index in [2.05, 4.69) is 188 Å². The zero-order valence-corrected chi connectivity index (χ0v) is 35.4. The zero-order chi connectivity index (χ0) is 42.3. The van der Waals surface area contributed by atoms with Crippen molar-refractivity contribution in [2.24, 2.45) is 0 Å². The molecular formula is C58H43N5. The van der Waals surface area contributed by atoms with E-state index in [0.29, 0.717) is 0 Å². The van der Waals surface area contributed by atoms with Crippen molar-refractivity contribution in [3.8, 4) is 50.8 Å². The van der Waals surface area contributed by atoms with Gasteiger partial charge in [-0.05, 0) is 118 Å². The van der Waals surface area contributed by atoms with E-state index in [1.807, 2.05) is 48.8 Å². The summed E-state index contributed by atoms with van der Waals surface area (Å²) in [5, 5.41) is 1.19. The van der Waals surface area contributed by atoms with Gasteiger partial charge >= 0.3 is 0 Å². The van der Waals surface area contributed by atoms with Gasteiger partial charge < -0.3 is 9.47 Å². The lowest BCUT2D eigenvalue weighted by molar-refractivity contribution is 0.588. The minimum atomic E-state index is -0.605. The molecule has 0 radical (unpaired) electrons. The van der Waals surface area contributed by atoms with Crippen LogP contribution in [-0.4, -0.2) is 19.5 Å². The lowest BCUT2D eigenvalue weighted by atomic mass is 9.69. The van der Waals surface area contributed by atoms with Crippen LogP contribution in [0.2, 0.25) is 0 Å². The zero-order valence-electron chi connectivity index (χ0n) is 35.4. The summed E-state index contributed by atoms with van der Waals surface area (Å²) >= 11 is 0. The fraction of sp³-hybridized carbons (Fsp3) is 0.0862. The van der Waals surface area contributed by atoms with E-state index in [1.54, 1.807) is 0 Å². The van der Waals surface area contributed by atoms with Crippen LogP contribution >= 0.6 is 0 Å². The summed E-state index contributed by atoms with van der Waals surface area (Å²) in [5.41, 5.74) is 19.4. The number of anilines is 3. The molecule has 1 spiro atoms. The average molecular weight is 810 g/mol. The van der Waals surface area contributed by atoms with Crippen molar-refractivity contribution in [1.29, 1.82) is 0 Å². The molecule has 2 aliphatic rings. The predicted octanol–water partition coefficient (Wildman–Crippen LogP) is 14.3. The second kappa shape index (κ2) is 14.1. The third-order valence-electron chi connectivity index (χ3n) is 13.0. The molecular weight excluding hydrogens is 767 g/mol. The fourth-order valence-corrected chi connectivity index (χ4v) is 10.3. The van der Waals surface area contributed by atoms with Crippen LogP contribution < -0.4 is 4.90 Å². The van der Waals surface area contributed by atoms with Gasteiger partial charge in [-0.2, -0.15) is 0 Å². The van der Waals surface area contributed by atoms with Crippen molar-refractivity contribution in [3.63, 3.8) is 0 Å². The first-order valence-electron chi connectivity index (χ1n) is 21.7. The summed E-state index contributed by atoms with van der Waals surface area (Å²) < 4.78 is 2.49. The lowest BCUT2D eigenvalue weighted by Gasteiger charge is -2.32.